The van der Waals surface area contributed by atoms with Gasteiger partial charge in [-0.1, -0.05) is 164 Å². The van der Waals surface area contributed by atoms with E-state index in [0.717, 1.165) is 22.7 Å². The van der Waals surface area contributed by atoms with Crippen molar-refractivity contribution in [1.29, 1.82) is 0 Å². The van der Waals surface area contributed by atoms with Crippen molar-refractivity contribution in [3.63, 3.8) is 0 Å². The molecule has 0 saturated carbocycles. The molecule has 0 aliphatic carbocycles. The highest BCUT2D eigenvalue weighted by Gasteiger charge is 2.18. The first-order chi connectivity index (χ1) is 26.8. The number of fused-ring (bicyclic) bond motifs is 5. The van der Waals surface area contributed by atoms with Crippen LogP contribution < -0.4 is 4.90 Å². The minimum Gasteiger partial charge on any atom is -0.310 e. The van der Waals surface area contributed by atoms with Gasteiger partial charge in [-0.05, 0) is 93.2 Å². The van der Waals surface area contributed by atoms with Gasteiger partial charge in [0, 0.05) is 33.4 Å². The summed E-state index contributed by atoms with van der Waals surface area (Å²) in [5.41, 5.74) is 14.0. The fourth-order valence-electron chi connectivity index (χ4n) is 8.04. The number of anilines is 3. The van der Waals surface area contributed by atoms with Crippen LogP contribution >= 0.6 is 0 Å². The third-order valence-corrected chi connectivity index (χ3v) is 10.6. The summed E-state index contributed by atoms with van der Waals surface area (Å²) in [6, 6.07) is 78.8. The van der Waals surface area contributed by atoms with Crippen molar-refractivity contribution in [2.24, 2.45) is 0 Å². The number of rotatable bonds is 7. The van der Waals surface area contributed by atoms with E-state index in [9.17, 15) is 0 Å². The molecule has 1 aromatic heterocycles. The number of nitrogens with zero attached hydrogens (tertiary/aromatic N) is 2. The second-order valence-corrected chi connectivity index (χ2v) is 13.8. The largest absolute Gasteiger partial charge is 0.310 e. The maximum absolute atomic E-state index is 2.44. The lowest BCUT2D eigenvalue weighted by molar-refractivity contribution is 1.18. The molecule has 0 aliphatic heterocycles. The normalized spacial score (nSPS) is 11.3. The Morgan fingerprint density at radius 3 is 1.61 bits per heavy atom. The Labute approximate surface area is 315 Å². The van der Waals surface area contributed by atoms with Crippen molar-refractivity contribution in [3.8, 4) is 39.1 Å². The molecule has 0 unspecified atom stereocenters. The summed E-state index contributed by atoms with van der Waals surface area (Å²) >= 11 is 0. The molecule has 0 atom stereocenters. The van der Waals surface area contributed by atoms with Crippen LogP contribution in [0, 0.1) is 0 Å². The molecule has 10 aromatic rings. The summed E-state index contributed by atoms with van der Waals surface area (Å²) < 4.78 is 2.44. The maximum atomic E-state index is 2.44. The second kappa shape index (κ2) is 13.4. The topological polar surface area (TPSA) is 8.17 Å². The monoisotopic (exact) mass is 688 g/mol. The molecule has 0 amide bonds. The number of benzene rings is 9. The van der Waals surface area contributed by atoms with E-state index in [4.69, 9.17) is 0 Å². The molecule has 0 spiro atoms. The Bertz CT molecular complexity index is 2910. The Kier molecular flexibility index (Phi) is 7.85. The van der Waals surface area contributed by atoms with Gasteiger partial charge < -0.3 is 9.47 Å². The molecule has 254 valence electrons. The molecule has 0 N–H and O–H groups in total. The standard InChI is InChI=1S/C52H36N2/c1-3-14-37(15-4-1)39-26-31-43(32-27-39)53(45-20-13-19-42(36-45)38-16-5-2-6-17-38)44-33-28-41(29-34-44)46-21-9-11-24-49(46)54-50-25-12-10-23-48(50)52-47-22-8-7-18-40(47)30-35-51(52)54/h1-36H. The van der Waals surface area contributed by atoms with Crippen molar-refractivity contribution in [3.05, 3.63) is 218 Å². The highest BCUT2D eigenvalue weighted by molar-refractivity contribution is 6.21. The van der Waals surface area contributed by atoms with Crippen LogP contribution in [0.25, 0.3) is 71.6 Å². The number of hydrogen-bond acceptors (Lipinski definition) is 1. The second-order valence-electron chi connectivity index (χ2n) is 13.8. The van der Waals surface area contributed by atoms with E-state index in [1.807, 2.05) is 0 Å². The molecule has 54 heavy (non-hydrogen) atoms. The van der Waals surface area contributed by atoms with Crippen LogP contribution in [0.15, 0.2) is 218 Å². The molecule has 2 heteroatoms. The minimum absolute atomic E-state index is 1.09. The molecule has 2 nitrogen and oxygen atoms in total. The molecule has 0 radical (unpaired) electrons. The number of hydrogen-bond donors (Lipinski definition) is 0. The van der Waals surface area contributed by atoms with Crippen molar-refractivity contribution in [2.75, 3.05) is 4.90 Å². The molecule has 9 aromatic carbocycles. The average Bonchev–Trinajstić information content (AvgIpc) is 3.60. The fourth-order valence-corrected chi connectivity index (χ4v) is 8.04. The lowest BCUT2D eigenvalue weighted by atomic mass is 10.0. The number of aromatic nitrogens is 1. The first-order valence-corrected chi connectivity index (χ1v) is 18.5. The zero-order chi connectivity index (χ0) is 35.8. The third kappa shape index (κ3) is 5.53. The van der Waals surface area contributed by atoms with E-state index in [1.54, 1.807) is 0 Å². The average molecular weight is 689 g/mol. The van der Waals surface area contributed by atoms with Gasteiger partial charge in [0.25, 0.3) is 0 Å². The molecule has 0 bridgehead atoms. The van der Waals surface area contributed by atoms with Crippen LogP contribution in [0.3, 0.4) is 0 Å². The van der Waals surface area contributed by atoms with E-state index in [2.05, 4.69) is 228 Å². The van der Waals surface area contributed by atoms with Gasteiger partial charge in [0.2, 0.25) is 0 Å². The summed E-state index contributed by atoms with van der Waals surface area (Å²) in [4.78, 5) is 2.36. The fraction of sp³-hybridized carbons (Fsp3) is 0. The van der Waals surface area contributed by atoms with Crippen molar-refractivity contribution in [1.82, 2.24) is 4.57 Å². The summed E-state index contributed by atoms with van der Waals surface area (Å²) in [6.45, 7) is 0. The Morgan fingerprint density at radius 1 is 0.315 bits per heavy atom. The van der Waals surface area contributed by atoms with Crippen LogP contribution in [-0.4, -0.2) is 4.57 Å². The zero-order valence-corrected chi connectivity index (χ0v) is 29.7. The van der Waals surface area contributed by atoms with Crippen LogP contribution in [0.5, 0.6) is 0 Å². The summed E-state index contributed by atoms with van der Waals surface area (Å²) in [6.07, 6.45) is 0. The molecular weight excluding hydrogens is 653 g/mol. The van der Waals surface area contributed by atoms with Crippen LogP contribution in [0.2, 0.25) is 0 Å². The van der Waals surface area contributed by atoms with E-state index in [0.29, 0.717) is 0 Å². The van der Waals surface area contributed by atoms with Gasteiger partial charge in [-0.3, -0.25) is 0 Å². The molecular formula is C52H36N2. The van der Waals surface area contributed by atoms with Crippen LogP contribution in [0.4, 0.5) is 17.1 Å². The molecule has 0 saturated heterocycles. The first-order valence-electron chi connectivity index (χ1n) is 18.5. The van der Waals surface area contributed by atoms with E-state index >= 15 is 0 Å². The maximum Gasteiger partial charge on any atom is 0.0547 e. The molecule has 1 heterocycles. The number of para-hydroxylation sites is 2. The van der Waals surface area contributed by atoms with E-state index in [-0.39, 0.29) is 0 Å². The molecule has 10 rings (SSSR count). The smallest absolute Gasteiger partial charge is 0.0547 e. The van der Waals surface area contributed by atoms with Crippen molar-refractivity contribution >= 4 is 49.6 Å². The quantitative estimate of drug-likeness (QED) is 0.162. The van der Waals surface area contributed by atoms with E-state index in [1.165, 1.54) is 66.0 Å². The Morgan fingerprint density at radius 2 is 0.870 bits per heavy atom. The van der Waals surface area contributed by atoms with Crippen molar-refractivity contribution in [2.45, 2.75) is 0 Å². The lowest BCUT2D eigenvalue weighted by Crippen LogP contribution is -2.10. The van der Waals surface area contributed by atoms with Crippen LogP contribution in [-0.2, 0) is 0 Å². The van der Waals surface area contributed by atoms with Gasteiger partial charge in [-0.15, -0.1) is 0 Å². The SMILES string of the molecule is c1ccc(-c2ccc(N(c3ccc(-c4ccccc4-n4c5ccccc5c5c6ccccc6ccc54)cc3)c3cccc(-c4ccccc4)c3)cc2)cc1. The van der Waals surface area contributed by atoms with Gasteiger partial charge in [0.15, 0.2) is 0 Å². The Hall–Kier alpha value is -7.16. The van der Waals surface area contributed by atoms with Gasteiger partial charge in [-0.25, -0.2) is 0 Å². The van der Waals surface area contributed by atoms with Gasteiger partial charge in [-0.2, -0.15) is 0 Å². The van der Waals surface area contributed by atoms with Gasteiger partial charge >= 0.3 is 0 Å². The highest BCUT2D eigenvalue weighted by atomic mass is 15.1. The van der Waals surface area contributed by atoms with Crippen molar-refractivity contribution < 1.29 is 0 Å². The third-order valence-electron chi connectivity index (χ3n) is 10.6. The van der Waals surface area contributed by atoms with Gasteiger partial charge in [0.1, 0.15) is 0 Å². The minimum atomic E-state index is 1.09. The lowest BCUT2D eigenvalue weighted by Gasteiger charge is -2.26. The van der Waals surface area contributed by atoms with Gasteiger partial charge in [0.05, 0.1) is 16.7 Å². The summed E-state index contributed by atoms with van der Waals surface area (Å²) in [7, 11) is 0. The Balaban J connectivity index is 1.09. The van der Waals surface area contributed by atoms with E-state index < -0.39 is 0 Å². The predicted octanol–water partition coefficient (Wildman–Crippen LogP) is 14.4. The molecule has 0 aliphatic rings. The first kappa shape index (κ1) is 31.6. The predicted molar refractivity (Wildman–Crippen MR) is 229 cm³/mol. The van der Waals surface area contributed by atoms with Crippen LogP contribution in [0.1, 0.15) is 0 Å². The highest BCUT2D eigenvalue weighted by Crippen LogP contribution is 2.41. The summed E-state index contributed by atoms with van der Waals surface area (Å²) in [5, 5.41) is 5.09. The summed E-state index contributed by atoms with van der Waals surface area (Å²) in [5.74, 6) is 0. The zero-order valence-electron chi connectivity index (χ0n) is 29.7. The molecule has 0 fully saturated rings.